The molecule has 0 aliphatic heterocycles. The quantitative estimate of drug-likeness (QED) is 0.578. The zero-order chi connectivity index (χ0) is 15.4. The number of nitrogens with one attached hydrogen (secondary N) is 1. The highest BCUT2D eigenvalue weighted by Crippen LogP contribution is 2.33. The van der Waals surface area contributed by atoms with E-state index in [2.05, 4.69) is 56.6 Å². The zero-order valence-corrected chi connectivity index (χ0v) is 14.9. The number of hydrogen-bond acceptors (Lipinski definition) is 3. The molecule has 3 aromatic rings. The van der Waals surface area contributed by atoms with Crippen LogP contribution in [0, 0.1) is 0 Å². The van der Waals surface area contributed by atoms with Crippen molar-refractivity contribution < 1.29 is 0 Å². The Hall–Kier alpha value is -1.20. The minimum absolute atomic E-state index is 0.528. The molecule has 112 valence electrons. The van der Waals surface area contributed by atoms with E-state index in [-0.39, 0.29) is 0 Å². The number of nitrogens with zero attached hydrogens (tertiary/aromatic N) is 1. The van der Waals surface area contributed by atoms with Crippen LogP contribution >= 0.6 is 38.9 Å². The van der Waals surface area contributed by atoms with Gasteiger partial charge in [0.25, 0.3) is 0 Å². The molecule has 22 heavy (non-hydrogen) atoms. The van der Waals surface area contributed by atoms with Crippen LogP contribution in [0.15, 0.2) is 59.2 Å². The predicted molar refractivity (Wildman–Crippen MR) is 97.2 cm³/mol. The molecule has 0 bridgehead atoms. The molecule has 0 atom stereocenters. The Morgan fingerprint density at radius 3 is 2.68 bits per heavy atom. The van der Waals surface area contributed by atoms with Crippen LogP contribution in [0.4, 0.5) is 0 Å². The average molecular weight is 394 g/mol. The van der Waals surface area contributed by atoms with E-state index in [9.17, 15) is 0 Å². The third-order valence-corrected chi connectivity index (χ3v) is 5.25. The molecule has 1 N–H and O–H groups in total. The lowest BCUT2D eigenvalue weighted by Gasteiger charge is -2.03. The summed E-state index contributed by atoms with van der Waals surface area (Å²) in [5.74, 6) is 0. The van der Waals surface area contributed by atoms with Crippen molar-refractivity contribution in [3.8, 4) is 10.4 Å². The summed E-state index contributed by atoms with van der Waals surface area (Å²) >= 11 is 11.2. The van der Waals surface area contributed by atoms with E-state index >= 15 is 0 Å². The van der Waals surface area contributed by atoms with Gasteiger partial charge in [-0.05, 0) is 29.8 Å². The lowest BCUT2D eigenvalue weighted by molar-refractivity contribution is 0.699. The first-order valence-electron chi connectivity index (χ1n) is 6.87. The molecule has 0 saturated carbocycles. The van der Waals surface area contributed by atoms with Gasteiger partial charge in [-0.2, -0.15) is 0 Å². The van der Waals surface area contributed by atoms with Gasteiger partial charge in [-0.15, -0.1) is 11.3 Å². The summed E-state index contributed by atoms with van der Waals surface area (Å²) in [5.41, 5.74) is 2.37. The third-order valence-electron chi connectivity index (χ3n) is 3.22. The van der Waals surface area contributed by atoms with Crippen molar-refractivity contribution in [1.29, 1.82) is 0 Å². The van der Waals surface area contributed by atoms with Crippen LogP contribution in [0.1, 0.15) is 10.4 Å². The van der Waals surface area contributed by atoms with Crippen molar-refractivity contribution in [3.63, 3.8) is 0 Å². The Labute approximate surface area is 147 Å². The Balaban J connectivity index is 1.60. The molecule has 0 amide bonds. The Kier molecular flexibility index (Phi) is 5.26. The molecule has 0 aliphatic rings. The summed E-state index contributed by atoms with van der Waals surface area (Å²) in [5, 5.41) is 3.96. The van der Waals surface area contributed by atoms with Crippen LogP contribution in [0.25, 0.3) is 10.4 Å². The lowest BCUT2D eigenvalue weighted by atomic mass is 10.2. The van der Waals surface area contributed by atoms with Crippen molar-refractivity contribution in [2.75, 3.05) is 0 Å². The number of aromatic nitrogens is 1. The summed E-state index contributed by atoms with van der Waals surface area (Å²) < 4.78 is 1.13. The number of thiophene rings is 1. The van der Waals surface area contributed by atoms with Crippen molar-refractivity contribution >= 4 is 38.9 Å². The highest BCUT2D eigenvalue weighted by molar-refractivity contribution is 9.10. The molecular weight excluding hydrogens is 380 g/mol. The number of benzene rings is 1. The van der Waals surface area contributed by atoms with Crippen LogP contribution in [-0.4, -0.2) is 4.98 Å². The third kappa shape index (κ3) is 3.96. The maximum absolute atomic E-state index is 5.78. The summed E-state index contributed by atoms with van der Waals surface area (Å²) in [6.07, 6.45) is 1.80. The van der Waals surface area contributed by atoms with Crippen molar-refractivity contribution in [3.05, 3.63) is 74.8 Å². The fourth-order valence-corrected chi connectivity index (χ4v) is 3.88. The van der Waals surface area contributed by atoms with Gasteiger partial charge < -0.3 is 5.32 Å². The fraction of sp³-hybridized carbons (Fsp3) is 0.118. The van der Waals surface area contributed by atoms with Crippen LogP contribution in [-0.2, 0) is 13.1 Å². The topological polar surface area (TPSA) is 24.9 Å². The first kappa shape index (κ1) is 15.7. The second kappa shape index (κ2) is 7.38. The van der Waals surface area contributed by atoms with E-state index in [1.807, 2.05) is 29.5 Å². The van der Waals surface area contributed by atoms with Gasteiger partial charge in [0, 0.05) is 39.1 Å². The minimum atomic E-state index is 0.528. The lowest BCUT2D eigenvalue weighted by Crippen LogP contribution is -2.11. The molecule has 0 aliphatic carbocycles. The van der Waals surface area contributed by atoms with Gasteiger partial charge in [-0.1, -0.05) is 51.8 Å². The molecule has 0 spiro atoms. The van der Waals surface area contributed by atoms with Crippen LogP contribution in [0.5, 0.6) is 0 Å². The van der Waals surface area contributed by atoms with Crippen molar-refractivity contribution in [2.45, 2.75) is 13.1 Å². The molecule has 1 aromatic carbocycles. The first-order chi connectivity index (χ1) is 10.7. The van der Waals surface area contributed by atoms with Crippen LogP contribution < -0.4 is 5.32 Å². The molecule has 2 heterocycles. The van der Waals surface area contributed by atoms with Crippen molar-refractivity contribution in [2.24, 2.45) is 0 Å². The molecule has 2 aromatic heterocycles. The van der Waals surface area contributed by atoms with E-state index in [4.69, 9.17) is 11.6 Å². The first-order valence-corrected chi connectivity index (χ1v) is 8.86. The number of halogens is 2. The average Bonchev–Trinajstić information content (AvgIpc) is 2.98. The largest absolute Gasteiger partial charge is 0.308 e. The van der Waals surface area contributed by atoms with Gasteiger partial charge in [0.05, 0.1) is 0 Å². The second-order valence-corrected chi connectivity index (χ2v) is 7.25. The maximum atomic E-state index is 5.78. The monoisotopic (exact) mass is 392 g/mol. The van der Waals surface area contributed by atoms with Gasteiger partial charge in [0.2, 0.25) is 0 Å². The SMILES string of the molecule is Clc1ccc(CNCc2ccc(-c3ccccc3Br)s2)cn1. The predicted octanol–water partition coefficient (Wildman–Crippen LogP) is 5.52. The smallest absolute Gasteiger partial charge is 0.129 e. The van der Waals surface area contributed by atoms with Crippen LogP contribution in [0.2, 0.25) is 5.15 Å². The van der Waals surface area contributed by atoms with Gasteiger partial charge in [0.15, 0.2) is 0 Å². The summed E-state index contributed by atoms with van der Waals surface area (Å²) in [4.78, 5) is 6.67. The molecule has 0 radical (unpaired) electrons. The Morgan fingerprint density at radius 1 is 1.05 bits per heavy atom. The van der Waals surface area contributed by atoms with E-state index in [0.717, 1.165) is 23.1 Å². The fourth-order valence-electron chi connectivity index (χ4n) is 2.12. The van der Waals surface area contributed by atoms with Crippen LogP contribution in [0.3, 0.4) is 0 Å². The molecule has 5 heteroatoms. The highest BCUT2D eigenvalue weighted by atomic mass is 79.9. The normalized spacial score (nSPS) is 10.8. The Bertz CT molecular complexity index is 755. The summed E-state index contributed by atoms with van der Waals surface area (Å²) in [6, 6.07) is 16.4. The van der Waals surface area contributed by atoms with E-state index < -0.39 is 0 Å². The molecule has 0 fully saturated rings. The van der Waals surface area contributed by atoms with Gasteiger partial charge in [0.1, 0.15) is 5.15 Å². The van der Waals surface area contributed by atoms with E-state index in [1.54, 1.807) is 6.20 Å². The number of rotatable bonds is 5. The van der Waals surface area contributed by atoms with Gasteiger partial charge in [-0.3, -0.25) is 0 Å². The minimum Gasteiger partial charge on any atom is -0.308 e. The van der Waals surface area contributed by atoms with Crippen molar-refractivity contribution in [1.82, 2.24) is 10.3 Å². The standard InChI is InChI=1S/C17H14BrClN2S/c18-15-4-2-1-3-14(15)16-7-6-13(22-16)11-20-9-12-5-8-17(19)21-10-12/h1-8,10,20H,9,11H2. The molecule has 0 unspecified atom stereocenters. The molecule has 0 saturated heterocycles. The molecular formula is C17H14BrClN2S. The van der Waals surface area contributed by atoms with E-state index in [1.165, 1.54) is 15.3 Å². The summed E-state index contributed by atoms with van der Waals surface area (Å²) in [6.45, 7) is 1.63. The van der Waals surface area contributed by atoms with Gasteiger partial charge in [-0.25, -0.2) is 4.98 Å². The van der Waals surface area contributed by atoms with E-state index in [0.29, 0.717) is 5.15 Å². The molecule has 2 nitrogen and oxygen atoms in total. The zero-order valence-electron chi connectivity index (χ0n) is 11.7. The number of hydrogen-bond donors (Lipinski definition) is 1. The maximum Gasteiger partial charge on any atom is 0.129 e. The molecule has 3 rings (SSSR count). The highest BCUT2D eigenvalue weighted by Gasteiger charge is 2.06. The Morgan fingerprint density at radius 2 is 1.91 bits per heavy atom. The van der Waals surface area contributed by atoms with Gasteiger partial charge >= 0.3 is 0 Å². The number of pyridine rings is 1. The summed E-state index contributed by atoms with van der Waals surface area (Å²) in [7, 11) is 0. The second-order valence-electron chi connectivity index (χ2n) is 4.84.